The molecule has 0 aliphatic rings. The monoisotopic (exact) mass is 377 g/mol. The van der Waals surface area contributed by atoms with E-state index < -0.39 is 0 Å². The van der Waals surface area contributed by atoms with E-state index in [1.54, 1.807) is 23.9 Å². The van der Waals surface area contributed by atoms with Gasteiger partial charge in [-0.1, -0.05) is 36.9 Å². The molecule has 3 heterocycles. The van der Waals surface area contributed by atoms with E-state index in [9.17, 15) is 4.79 Å². The molecule has 3 aromatic heterocycles. The number of hydrogen-bond donors (Lipinski definition) is 1. The molecule has 0 saturated carbocycles. The Hall–Kier alpha value is -2.13. The Morgan fingerprint density at radius 1 is 1.44 bits per heavy atom. The van der Waals surface area contributed by atoms with Gasteiger partial charge < -0.3 is 14.5 Å². The molecule has 0 atom stereocenters. The Morgan fingerprint density at radius 3 is 3.04 bits per heavy atom. The van der Waals surface area contributed by atoms with Crippen molar-refractivity contribution in [3.05, 3.63) is 35.8 Å². The van der Waals surface area contributed by atoms with Gasteiger partial charge >= 0.3 is 5.97 Å². The minimum Gasteiger partial charge on any atom is -0.465 e. The maximum Gasteiger partial charge on any atom is 0.341 e. The molecule has 0 radical (unpaired) electrons. The van der Waals surface area contributed by atoms with Crippen LogP contribution in [0.1, 0.15) is 29.9 Å². The van der Waals surface area contributed by atoms with E-state index >= 15 is 0 Å². The van der Waals surface area contributed by atoms with Crippen LogP contribution in [0, 0.1) is 5.92 Å². The summed E-state index contributed by atoms with van der Waals surface area (Å²) in [6.07, 6.45) is 3.77. The topological polar surface area (TPSA) is 81.4 Å². The number of imidazole rings is 1. The number of nitrogens with zero attached hydrogens (tertiary/aromatic N) is 4. The summed E-state index contributed by atoms with van der Waals surface area (Å²) in [5.41, 5.74) is 1.92. The van der Waals surface area contributed by atoms with Gasteiger partial charge in [0.25, 0.3) is 0 Å². The highest BCUT2D eigenvalue weighted by atomic mass is 32.2. The number of esters is 1. The van der Waals surface area contributed by atoms with E-state index in [1.165, 1.54) is 18.4 Å². The second-order valence-corrected chi connectivity index (χ2v) is 8.01. The van der Waals surface area contributed by atoms with Gasteiger partial charge in [0, 0.05) is 24.7 Å². The van der Waals surface area contributed by atoms with Crippen LogP contribution in [0.15, 0.2) is 28.9 Å². The van der Waals surface area contributed by atoms with Gasteiger partial charge in [-0.15, -0.1) is 10.2 Å². The number of pyridine rings is 1. The number of anilines is 1. The van der Waals surface area contributed by atoms with Gasteiger partial charge in [0.05, 0.1) is 12.8 Å². The molecule has 0 bridgehead atoms. The van der Waals surface area contributed by atoms with Gasteiger partial charge in [0.15, 0.2) is 9.99 Å². The third kappa shape index (κ3) is 4.29. The van der Waals surface area contributed by atoms with Crippen molar-refractivity contribution >= 4 is 39.8 Å². The molecule has 0 aliphatic carbocycles. The smallest absolute Gasteiger partial charge is 0.341 e. The number of aromatic nitrogens is 4. The molecular weight excluding hydrogens is 358 g/mol. The van der Waals surface area contributed by atoms with Crippen molar-refractivity contribution in [2.45, 2.75) is 23.9 Å². The molecule has 0 fully saturated rings. The fraction of sp³-hybridized carbons (Fsp3) is 0.375. The zero-order valence-electron chi connectivity index (χ0n) is 14.2. The first-order valence-electron chi connectivity index (χ1n) is 7.82. The Labute approximate surface area is 153 Å². The highest BCUT2D eigenvalue weighted by molar-refractivity contribution is 8.00. The second-order valence-electron chi connectivity index (χ2n) is 5.81. The number of nitrogens with one attached hydrogen (secondary N) is 1. The molecule has 3 aromatic rings. The number of rotatable bonds is 7. The summed E-state index contributed by atoms with van der Waals surface area (Å²) in [4.78, 5) is 16.4. The van der Waals surface area contributed by atoms with E-state index in [0.29, 0.717) is 22.9 Å². The van der Waals surface area contributed by atoms with Gasteiger partial charge in [-0.2, -0.15) is 0 Å². The lowest BCUT2D eigenvalue weighted by atomic mass is 10.2. The number of thioether (sulfide) groups is 1. The van der Waals surface area contributed by atoms with Gasteiger partial charge in [-0.05, 0) is 18.1 Å². The first-order valence-corrected chi connectivity index (χ1v) is 9.62. The van der Waals surface area contributed by atoms with E-state index in [1.807, 2.05) is 16.8 Å². The minimum absolute atomic E-state index is 0.389. The van der Waals surface area contributed by atoms with Crippen LogP contribution >= 0.6 is 23.1 Å². The van der Waals surface area contributed by atoms with Gasteiger partial charge in [0.2, 0.25) is 5.13 Å². The highest BCUT2D eigenvalue weighted by Crippen LogP contribution is 2.28. The summed E-state index contributed by atoms with van der Waals surface area (Å²) in [7, 11) is 1.37. The average molecular weight is 377 g/mol. The van der Waals surface area contributed by atoms with Crippen molar-refractivity contribution in [3.8, 4) is 0 Å². The molecule has 7 nitrogen and oxygen atoms in total. The van der Waals surface area contributed by atoms with Gasteiger partial charge in [-0.25, -0.2) is 9.78 Å². The minimum atomic E-state index is -0.389. The maximum atomic E-state index is 11.8. The molecule has 3 rings (SSSR count). The Kier molecular flexibility index (Phi) is 5.54. The molecule has 0 unspecified atom stereocenters. The van der Waals surface area contributed by atoms with Crippen LogP contribution in [-0.2, 0) is 10.5 Å². The lowest BCUT2D eigenvalue weighted by molar-refractivity contribution is 0.0602. The van der Waals surface area contributed by atoms with Crippen LogP contribution in [0.5, 0.6) is 0 Å². The first-order chi connectivity index (χ1) is 12.1. The molecule has 0 saturated heterocycles. The summed E-state index contributed by atoms with van der Waals surface area (Å²) in [6, 6.07) is 3.51. The van der Waals surface area contributed by atoms with Crippen LogP contribution in [0.3, 0.4) is 0 Å². The molecule has 132 valence electrons. The summed E-state index contributed by atoms with van der Waals surface area (Å²) < 4.78 is 7.52. The van der Waals surface area contributed by atoms with Crippen molar-refractivity contribution in [2.75, 3.05) is 19.0 Å². The predicted molar refractivity (Wildman–Crippen MR) is 99.3 cm³/mol. The van der Waals surface area contributed by atoms with E-state index in [4.69, 9.17) is 4.74 Å². The zero-order chi connectivity index (χ0) is 17.8. The molecule has 9 heteroatoms. The molecule has 0 spiro atoms. The summed E-state index contributed by atoms with van der Waals surface area (Å²) in [6.45, 7) is 5.17. The summed E-state index contributed by atoms with van der Waals surface area (Å²) in [5, 5.41) is 12.4. The van der Waals surface area contributed by atoms with Gasteiger partial charge in [-0.3, -0.25) is 0 Å². The number of carbonyl (C=O) groups excluding carboxylic acids is 1. The Balaban J connectivity index is 1.68. The summed E-state index contributed by atoms with van der Waals surface area (Å²) >= 11 is 3.11. The predicted octanol–water partition coefficient (Wildman–Crippen LogP) is 3.33. The van der Waals surface area contributed by atoms with Crippen molar-refractivity contribution < 1.29 is 9.53 Å². The van der Waals surface area contributed by atoms with Crippen LogP contribution in [0.25, 0.3) is 5.65 Å². The van der Waals surface area contributed by atoms with Crippen molar-refractivity contribution in [1.29, 1.82) is 0 Å². The van der Waals surface area contributed by atoms with Crippen molar-refractivity contribution in [1.82, 2.24) is 19.6 Å². The van der Waals surface area contributed by atoms with Gasteiger partial charge in [0.1, 0.15) is 5.56 Å². The van der Waals surface area contributed by atoms with Crippen molar-refractivity contribution in [2.24, 2.45) is 5.92 Å². The number of carbonyl (C=O) groups is 1. The molecule has 0 aromatic carbocycles. The van der Waals surface area contributed by atoms with Crippen LogP contribution in [0.2, 0.25) is 0 Å². The number of fused-ring (bicyclic) bond motifs is 1. The Bertz CT molecular complexity index is 874. The average Bonchev–Trinajstić information content (AvgIpc) is 3.23. The lowest BCUT2D eigenvalue weighted by Crippen LogP contribution is -2.07. The first kappa shape index (κ1) is 17.7. The fourth-order valence-electron chi connectivity index (χ4n) is 2.17. The normalized spacial score (nSPS) is 11.2. The van der Waals surface area contributed by atoms with Crippen molar-refractivity contribution in [3.63, 3.8) is 0 Å². The fourth-order valence-corrected chi connectivity index (χ4v) is 3.81. The Morgan fingerprint density at radius 2 is 2.28 bits per heavy atom. The number of hydrogen-bond acceptors (Lipinski definition) is 8. The van der Waals surface area contributed by atoms with Crippen LogP contribution in [0.4, 0.5) is 5.13 Å². The second kappa shape index (κ2) is 7.83. The molecule has 0 amide bonds. The number of ether oxygens (including phenoxy) is 1. The molecule has 1 N–H and O–H groups in total. The third-order valence-corrected chi connectivity index (χ3v) is 5.40. The highest BCUT2D eigenvalue weighted by Gasteiger charge is 2.14. The third-order valence-electron chi connectivity index (χ3n) is 3.35. The van der Waals surface area contributed by atoms with Crippen LogP contribution < -0.4 is 5.32 Å². The zero-order valence-corrected chi connectivity index (χ0v) is 15.9. The summed E-state index contributed by atoms with van der Waals surface area (Å²) in [5.74, 6) is 0.823. The van der Waals surface area contributed by atoms with Crippen LogP contribution in [-0.4, -0.2) is 39.2 Å². The van der Waals surface area contributed by atoms with E-state index in [0.717, 1.165) is 21.7 Å². The lowest BCUT2D eigenvalue weighted by Gasteiger charge is -2.03. The standard InChI is InChI=1S/C16H19N5O2S2/c1-10(2)7-17-15-19-20-16(25-15)24-9-11-8-21-6-4-5-12(13(21)18-11)14(22)23-3/h4-6,8,10H,7,9H2,1-3H3,(H,17,19). The van der Waals surface area contributed by atoms with E-state index in [2.05, 4.69) is 34.3 Å². The molecule has 25 heavy (non-hydrogen) atoms. The maximum absolute atomic E-state index is 11.8. The quantitative estimate of drug-likeness (QED) is 0.499. The largest absolute Gasteiger partial charge is 0.465 e. The molecule has 0 aliphatic heterocycles. The SMILES string of the molecule is COC(=O)c1cccn2cc(CSc3nnc(NCC(C)C)s3)nc12. The number of methoxy groups -OCH3 is 1. The van der Waals surface area contributed by atoms with E-state index in [-0.39, 0.29) is 5.97 Å². The molecular formula is C16H19N5O2S2.